The largest absolute Gasteiger partial charge is 0.385 e. The highest BCUT2D eigenvalue weighted by Crippen LogP contribution is 2.20. The molecule has 1 heterocycles. The van der Waals surface area contributed by atoms with Gasteiger partial charge in [0.25, 0.3) is 0 Å². The lowest BCUT2D eigenvalue weighted by atomic mass is 10.1. The molecule has 0 aliphatic carbocycles. The highest BCUT2D eigenvalue weighted by molar-refractivity contribution is 5.59. The Kier molecular flexibility index (Phi) is 4.76. The van der Waals surface area contributed by atoms with Crippen molar-refractivity contribution < 1.29 is 5.11 Å². The van der Waals surface area contributed by atoms with Crippen molar-refractivity contribution in [3.8, 4) is 11.3 Å². The highest BCUT2D eigenvalue weighted by atomic mass is 16.3. The molecule has 2 aromatic rings. The van der Waals surface area contributed by atoms with Crippen LogP contribution in [0.2, 0.25) is 0 Å². The van der Waals surface area contributed by atoms with Crippen LogP contribution in [0.3, 0.4) is 0 Å². The van der Waals surface area contributed by atoms with Gasteiger partial charge in [-0.25, -0.2) is 0 Å². The minimum atomic E-state index is -0.602. The van der Waals surface area contributed by atoms with Crippen LogP contribution in [-0.2, 0) is 0 Å². The predicted octanol–water partition coefficient (Wildman–Crippen LogP) is 3.48. The van der Waals surface area contributed by atoms with Gasteiger partial charge >= 0.3 is 0 Å². The quantitative estimate of drug-likeness (QED) is 0.903. The topological polar surface area (TPSA) is 45.1 Å². The molecule has 0 fully saturated rings. The number of hydrogen-bond acceptors (Lipinski definition) is 3. The fraction of sp³-hybridized carbons (Fsp3) is 0.389. The van der Waals surface area contributed by atoms with Crippen molar-refractivity contribution in [2.24, 2.45) is 0 Å². The van der Waals surface area contributed by atoms with Crippen molar-refractivity contribution in [1.82, 2.24) is 10.3 Å². The van der Waals surface area contributed by atoms with Crippen LogP contribution in [0.15, 0.2) is 42.5 Å². The summed E-state index contributed by atoms with van der Waals surface area (Å²) >= 11 is 0. The van der Waals surface area contributed by atoms with Gasteiger partial charge in [0.05, 0.1) is 11.4 Å². The van der Waals surface area contributed by atoms with Crippen molar-refractivity contribution >= 4 is 0 Å². The third kappa shape index (κ3) is 4.66. The molecule has 0 bridgehead atoms. The maximum absolute atomic E-state index is 10.3. The summed E-state index contributed by atoms with van der Waals surface area (Å²) in [4.78, 5) is 4.58. The van der Waals surface area contributed by atoms with Gasteiger partial charge in [0.2, 0.25) is 0 Å². The zero-order chi connectivity index (χ0) is 15.5. The molecular formula is C18H24N2O. The number of aryl methyl sites for hydroxylation is 1. The van der Waals surface area contributed by atoms with E-state index in [0.29, 0.717) is 12.2 Å². The number of nitrogens with one attached hydrogen (secondary N) is 1. The number of pyridine rings is 1. The van der Waals surface area contributed by atoms with Gasteiger partial charge in [-0.05, 0) is 39.8 Å². The molecule has 0 amide bonds. The Morgan fingerprint density at radius 2 is 1.76 bits per heavy atom. The molecule has 1 aromatic carbocycles. The Balaban J connectivity index is 2.15. The summed E-state index contributed by atoms with van der Waals surface area (Å²) in [6.45, 7) is 8.80. The number of aromatic nitrogens is 1. The second kappa shape index (κ2) is 6.37. The Morgan fingerprint density at radius 1 is 1.10 bits per heavy atom. The average molecular weight is 284 g/mol. The zero-order valence-corrected chi connectivity index (χ0v) is 13.2. The molecule has 21 heavy (non-hydrogen) atoms. The third-order valence-corrected chi connectivity index (χ3v) is 3.29. The first-order chi connectivity index (χ1) is 9.85. The van der Waals surface area contributed by atoms with E-state index in [1.807, 2.05) is 18.2 Å². The number of benzene rings is 1. The summed E-state index contributed by atoms with van der Waals surface area (Å²) in [5.41, 5.74) is 3.87. The van der Waals surface area contributed by atoms with E-state index in [4.69, 9.17) is 0 Å². The first kappa shape index (κ1) is 15.7. The Morgan fingerprint density at radius 3 is 2.38 bits per heavy atom. The standard InChI is InChI=1S/C18H24N2O/c1-13-8-10-14(11-9-13)15-6-5-7-16(20-15)17(21)12-19-18(2,3)4/h5-11,17,19,21H,12H2,1-4H3/t17-/m0/s1. The van der Waals surface area contributed by atoms with Crippen molar-refractivity contribution in [3.63, 3.8) is 0 Å². The molecule has 3 heteroatoms. The molecule has 0 unspecified atom stereocenters. The molecule has 3 nitrogen and oxygen atoms in total. The van der Waals surface area contributed by atoms with Gasteiger partial charge in [0.15, 0.2) is 0 Å². The van der Waals surface area contributed by atoms with Crippen LogP contribution >= 0.6 is 0 Å². The van der Waals surface area contributed by atoms with Crippen molar-refractivity contribution in [3.05, 3.63) is 53.7 Å². The SMILES string of the molecule is Cc1ccc(-c2cccc([C@@H](O)CNC(C)(C)C)n2)cc1. The van der Waals surface area contributed by atoms with Crippen molar-refractivity contribution in [2.75, 3.05) is 6.54 Å². The summed E-state index contributed by atoms with van der Waals surface area (Å²) in [7, 11) is 0. The molecule has 0 saturated carbocycles. The maximum atomic E-state index is 10.3. The smallest absolute Gasteiger partial charge is 0.108 e. The fourth-order valence-electron chi connectivity index (χ4n) is 2.03. The van der Waals surface area contributed by atoms with Crippen LogP contribution < -0.4 is 5.32 Å². The minimum Gasteiger partial charge on any atom is -0.385 e. The van der Waals surface area contributed by atoms with Gasteiger partial charge < -0.3 is 10.4 Å². The Labute approximate surface area is 127 Å². The van der Waals surface area contributed by atoms with E-state index in [2.05, 4.69) is 62.3 Å². The van der Waals surface area contributed by atoms with Crippen molar-refractivity contribution in [2.45, 2.75) is 39.3 Å². The highest BCUT2D eigenvalue weighted by Gasteiger charge is 2.15. The normalized spacial score (nSPS) is 13.2. The summed E-state index contributed by atoms with van der Waals surface area (Å²) in [5.74, 6) is 0. The monoisotopic (exact) mass is 284 g/mol. The average Bonchev–Trinajstić information content (AvgIpc) is 2.45. The predicted molar refractivity (Wildman–Crippen MR) is 87.1 cm³/mol. The second-order valence-corrected chi connectivity index (χ2v) is 6.46. The Bertz CT molecular complexity index is 585. The van der Waals surface area contributed by atoms with E-state index in [0.717, 1.165) is 11.3 Å². The molecule has 0 radical (unpaired) electrons. The molecule has 1 aromatic heterocycles. The van der Waals surface area contributed by atoms with Gasteiger partial charge in [-0.3, -0.25) is 4.98 Å². The zero-order valence-electron chi connectivity index (χ0n) is 13.2. The van der Waals surface area contributed by atoms with Gasteiger partial charge in [-0.1, -0.05) is 35.9 Å². The maximum Gasteiger partial charge on any atom is 0.108 e. The third-order valence-electron chi connectivity index (χ3n) is 3.29. The van der Waals surface area contributed by atoms with E-state index in [9.17, 15) is 5.11 Å². The Hall–Kier alpha value is -1.71. The van der Waals surface area contributed by atoms with Crippen molar-refractivity contribution in [1.29, 1.82) is 0 Å². The van der Waals surface area contributed by atoms with E-state index in [-0.39, 0.29) is 5.54 Å². The summed E-state index contributed by atoms with van der Waals surface area (Å²) in [6.07, 6.45) is -0.602. The van der Waals surface area contributed by atoms with E-state index in [1.165, 1.54) is 5.56 Å². The van der Waals surface area contributed by atoms with Gasteiger partial charge in [-0.15, -0.1) is 0 Å². The van der Waals surface area contributed by atoms with Crippen LogP contribution in [-0.4, -0.2) is 22.2 Å². The number of aliphatic hydroxyl groups is 1. The van der Waals surface area contributed by atoms with Crippen LogP contribution in [0.25, 0.3) is 11.3 Å². The lowest BCUT2D eigenvalue weighted by Gasteiger charge is -2.22. The first-order valence-electron chi connectivity index (χ1n) is 7.32. The number of rotatable bonds is 4. The number of β-amino-alcohol motifs (C(OH)–C–C–N with tert-alkyl or cyclic N) is 1. The van der Waals surface area contributed by atoms with Crippen LogP contribution in [0.4, 0.5) is 0 Å². The first-order valence-corrected chi connectivity index (χ1v) is 7.32. The van der Waals surface area contributed by atoms with Crippen LogP contribution in [0.1, 0.15) is 38.1 Å². The fourth-order valence-corrected chi connectivity index (χ4v) is 2.03. The van der Waals surface area contributed by atoms with Gasteiger partial charge in [0, 0.05) is 17.6 Å². The lowest BCUT2D eigenvalue weighted by Crippen LogP contribution is -2.38. The molecule has 0 saturated heterocycles. The second-order valence-electron chi connectivity index (χ2n) is 6.46. The summed E-state index contributed by atoms with van der Waals surface area (Å²) in [6, 6.07) is 14.0. The lowest BCUT2D eigenvalue weighted by molar-refractivity contribution is 0.159. The molecule has 0 aliphatic heterocycles. The number of hydrogen-bond donors (Lipinski definition) is 2. The molecular weight excluding hydrogens is 260 g/mol. The van der Waals surface area contributed by atoms with E-state index in [1.54, 1.807) is 0 Å². The number of aliphatic hydroxyl groups excluding tert-OH is 1. The molecule has 112 valence electrons. The molecule has 0 aliphatic rings. The molecule has 1 atom stereocenters. The van der Waals surface area contributed by atoms with Gasteiger partial charge in [0.1, 0.15) is 6.10 Å². The van der Waals surface area contributed by atoms with E-state index >= 15 is 0 Å². The molecule has 0 spiro atoms. The minimum absolute atomic E-state index is 0.0183. The molecule has 2 rings (SSSR count). The summed E-state index contributed by atoms with van der Waals surface area (Å²) in [5, 5.41) is 13.6. The van der Waals surface area contributed by atoms with Crippen LogP contribution in [0, 0.1) is 6.92 Å². The number of nitrogens with zero attached hydrogens (tertiary/aromatic N) is 1. The summed E-state index contributed by atoms with van der Waals surface area (Å²) < 4.78 is 0. The molecule has 2 N–H and O–H groups in total. The van der Waals surface area contributed by atoms with E-state index < -0.39 is 6.10 Å². The van der Waals surface area contributed by atoms with Gasteiger partial charge in [-0.2, -0.15) is 0 Å². The van der Waals surface area contributed by atoms with Crippen LogP contribution in [0.5, 0.6) is 0 Å².